The molecule has 23 heavy (non-hydrogen) atoms. The lowest BCUT2D eigenvalue weighted by Crippen LogP contribution is -2.19. The molecule has 7 heteroatoms. The number of nitrogens with zero attached hydrogens (tertiary/aromatic N) is 4. The maximum atomic E-state index is 12.6. The molecular formula is C16H10N4O2S. The number of hydrogen-bond donors (Lipinski definition) is 1. The minimum atomic E-state index is -0.316. The van der Waals surface area contributed by atoms with Crippen LogP contribution in [-0.4, -0.2) is 24.9 Å². The van der Waals surface area contributed by atoms with Gasteiger partial charge in [0.05, 0.1) is 0 Å². The second-order valence-corrected chi connectivity index (χ2v) is 5.83. The van der Waals surface area contributed by atoms with E-state index in [9.17, 15) is 9.90 Å². The minimum absolute atomic E-state index is 0.144. The monoisotopic (exact) mass is 322 g/mol. The molecule has 0 atom stereocenters. The Bertz CT molecular complexity index is 1060. The van der Waals surface area contributed by atoms with Crippen LogP contribution in [0.25, 0.3) is 26.8 Å². The summed E-state index contributed by atoms with van der Waals surface area (Å²) in [5.74, 6) is 0.144. The van der Waals surface area contributed by atoms with E-state index in [1.165, 1.54) is 15.9 Å². The van der Waals surface area contributed by atoms with Crippen molar-refractivity contribution in [1.29, 1.82) is 0 Å². The first-order valence-electron chi connectivity index (χ1n) is 6.84. The summed E-state index contributed by atoms with van der Waals surface area (Å²) in [6.07, 6.45) is 0. The maximum Gasteiger partial charge on any atom is 0.302 e. The molecule has 0 spiro atoms. The van der Waals surface area contributed by atoms with Crippen LogP contribution in [0.2, 0.25) is 0 Å². The molecule has 2 heterocycles. The highest BCUT2D eigenvalue weighted by Gasteiger charge is 2.14. The van der Waals surface area contributed by atoms with E-state index in [2.05, 4.69) is 15.3 Å². The summed E-state index contributed by atoms with van der Waals surface area (Å²) in [6, 6.07) is 15.9. The molecule has 6 nitrogen and oxygen atoms in total. The molecular weight excluding hydrogens is 312 g/mol. The smallest absolute Gasteiger partial charge is 0.302 e. The zero-order chi connectivity index (χ0) is 15.8. The van der Waals surface area contributed by atoms with Gasteiger partial charge in [-0.15, -0.1) is 10.2 Å². The Kier molecular flexibility index (Phi) is 3.13. The molecule has 0 saturated heterocycles. The van der Waals surface area contributed by atoms with Crippen molar-refractivity contribution in [2.45, 2.75) is 0 Å². The fourth-order valence-electron chi connectivity index (χ4n) is 2.25. The van der Waals surface area contributed by atoms with Crippen LogP contribution in [0.1, 0.15) is 0 Å². The molecule has 4 aromatic rings. The van der Waals surface area contributed by atoms with Crippen molar-refractivity contribution in [3.63, 3.8) is 0 Å². The third-order valence-electron chi connectivity index (χ3n) is 3.33. The first-order valence-corrected chi connectivity index (χ1v) is 7.65. The fraction of sp³-hybridized carbons (Fsp3) is 0. The highest BCUT2D eigenvalue weighted by molar-refractivity contribution is 7.19. The molecule has 0 aliphatic carbocycles. The van der Waals surface area contributed by atoms with Gasteiger partial charge in [0, 0.05) is 11.1 Å². The maximum absolute atomic E-state index is 12.6. The SMILES string of the molecule is O=c1c(-c2ccccc2)nnc2sc(-c3cccc(O)c3)nn12. The van der Waals surface area contributed by atoms with Crippen LogP contribution < -0.4 is 5.56 Å². The average molecular weight is 322 g/mol. The number of phenols is 1. The molecule has 4 rings (SSSR count). The van der Waals surface area contributed by atoms with Crippen LogP contribution in [0.4, 0.5) is 0 Å². The predicted molar refractivity (Wildman–Crippen MR) is 87.5 cm³/mol. The normalized spacial score (nSPS) is 11.0. The van der Waals surface area contributed by atoms with Gasteiger partial charge in [0.15, 0.2) is 5.69 Å². The molecule has 0 fully saturated rings. The molecule has 1 N–H and O–H groups in total. The van der Waals surface area contributed by atoms with Crippen molar-refractivity contribution in [1.82, 2.24) is 19.8 Å². The standard InChI is InChI=1S/C16H10N4O2S/c21-12-8-4-7-11(9-12)14-19-20-15(22)13(17-18-16(20)23-14)10-5-2-1-3-6-10/h1-9,21H. The third-order valence-corrected chi connectivity index (χ3v) is 4.28. The van der Waals surface area contributed by atoms with Crippen LogP contribution in [-0.2, 0) is 0 Å². The summed E-state index contributed by atoms with van der Waals surface area (Å²) in [5.41, 5.74) is 1.37. The summed E-state index contributed by atoms with van der Waals surface area (Å²) in [7, 11) is 0. The Morgan fingerprint density at radius 2 is 1.74 bits per heavy atom. The summed E-state index contributed by atoms with van der Waals surface area (Å²) >= 11 is 1.24. The van der Waals surface area contributed by atoms with Gasteiger partial charge >= 0.3 is 5.56 Å². The van der Waals surface area contributed by atoms with Gasteiger partial charge in [-0.3, -0.25) is 4.79 Å². The molecule has 0 unspecified atom stereocenters. The van der Waals surface area contributed by atoms with Crippen molar-refractivity contribution >= 4 is 16.3 Å². The van der Waals surface area contributed by atoms with Gasteiger partial charge in [0.1, 0.15) is 10.8 Å². The Hall–Kier alpha value is -3.06. The lowest BCUT2D eigenvalue weighted by Gasteiger charge is -1.98. The van der Waals surface area contributed by atoms with E-state index in [4.69, 9.17) is 0 Å². The number of aromatic nitrogens is 4. The topological polar surface area (TPSA) is 80.4 Å². The van der Waals surface area contributed by atoms with E-state index in [0.29, 0.717) is 15.5 Å². The zero-order valence-corrected chi connectivity index (χ0v) is 12.6. The predicted octanol–water partition coefficient (Wildman–Crippen LogP) is 2.59. The molecule has 0 radical (unpaired) electrons. The Morgan fingerprint density at radius 3 is 2.52 bits per heavy atom. The van der Waals surface area contributed by atoms with E-state index in [-0.39, 0.29) is 17.0 Å². The van der Waals surface area contributed by atoms with Crippen LogP contribution in [0.5, 0.6) is 5.75 Å². The van der Waals surface area contributed by atoms with Crippen LogP contribution in [0, 0.1) is 0 Å². The first-order chi connectivity index (χ1) is 11.2. The number of aromatic hydroxyl groups is 1. The van der Waals surface area contributed by atoms with Crippen molar-refractivity contribution in [2.24, 2.45) is 0 Å². The van der Waals surface area contributed by atoms with E-state index in [1.54, 1.807) is 30.3 Å². The lowest BCUT2D eigenvalue weighted by atomic mass is 10.2. The lowest BCUT2D eigenvalue weighted by molar-refractivity contribution is 0.475. The van der Waals surface area contributed by atoms with E-state index >= 15 is 0 Å². The highest BCUT2D eigenvalue weighted by atomic mass is 32.1. The second kappa shape index (κ2) is 5.29. The molecule has 2 aromatic carbocycles. The average Bonchev–Trinajstić information content (AvgIpc) is 3.01. The molecule has 0 saturated carbocycles. The zero-order valence-electron chi connectivity index (χ0n) is 11.7. The van der Waals surface area contributed by atoms with E-state index < -0.39 is 0 Å². The van der Waals surface area contributed by atoms with Crippen LogP contribution >= 0.6 is 11.3 Å². The molecule has 0 aliphatic rings. The Balaban J connectivity index is 1.90. The van der Waals surface area contributed by atoms with Gasteiger partial charge in [0.25, 0.3) is 0 Å². The molecule has 0 aliphatic heterocycles. The quantitative estimate of drug-likeness (QED) is 0.613. The van der Waals surface area contributed by atoms with Crippen molar-refractivity contribution in [3.05, 3.63) is 65.0 Å². The van der Waals surface area contributed by atoms with Gasteiger partial charge < -0.3 is 5.11 Å². The van der Waals surface area contributed by atoms with Crippen LogP contribution in [0.15, 0.2) is 59.4 Å². The van der Waals surface area contributed by atoms with Crippen molar-refractivity contribution < 1.29 is 5.11 Å². The van der Waals surface area contributed by atoms with Crippen LogP contribution in [0.3, 0.4) is 0 Å². The fourth-order valence-corrected chi connectivity index (χ4v) is 3.08. The molecule has 0 bridgehead atoms. The number of fused-ring (bicyclic) bond motifs is 1. The Labute approximate surface area is 134 Å². The Morgan fingerprint density at radius 1 is 0.957 bits per heavy atom. The number of phenolic OH excluding ortho intramolecular Hbond substituents is 1. The highest BCUT2D eigenvalue weighted by Crippen LogP contribution is 2.26. The largest absolute Gasteiger partial charge is 0.508 e. The van der Waals surface area contributed by atoms with Gasteiger partial charge in [-0.25, -0.2) is 0 Å². The van der Waals surface area contributed by atoms with Gasteiger partial charge in [-0.2, -0.15) is 9.61 Å². The number of benzene rings is 2. The number of hydrogen-bond acceptors (Lipinski definition) is 6. The molecule has 0 amide bonds. The van der Waals surface area contributed by atoms with Gasteiger partial charge in [-0.1, -0.05) is 53.8 Å². The first kappa shape index (κ1) is 13.6. The summed E-state index contributed by atoms with van der Waals surface area (Å²) in [6.45, 7) is 0. The van der Waals surface area contributed by atoms with Gasteiger partial charge in [0.2, 0.25) is 4.96 Å². The van der Waals surface area contributed by atoms with E-state index in [0.717, 1.165) is 5.56 Å². The molecule has 2 aromatic heterocycles. The number of rotatable bonds is 2. The third kappa shape index (κ3) is 2.36. The van der Waals surface area contributed by atoms with Gasteiger partial charge in [-0.05, 0) is 12.1 Å². The summed E-state index contributed by atoms with van der Waals surface area (Å²) < 4.78 is 1.25. The van der Waals surface area contributed by atoms with E-state index in [1.807, 2.05) is 24.3 Å². The summed E-state index contributed by atoms with van der Waals surface area (Å²) in [4.78, 5) is 13.0. The second-order valence-electron chi connectivity index (χ2n) is 4.87. The minimum Gasteiger partial charge on any atom is -0.508 e. The van der Waals surface area contributed by atoms with Crippen molar-refractivity contribution in [3.8, 4) is 27.6 Å². The molecule has 112 valence electrons. The summed E-state index contributed by atoms with van der Waals surface area (Å²) in [5, 5.41) is 22.6. The van der Waals surface area contributed by atoms with Crippen molar-refractivity contribution in [2.75, 3.05) is 0 Å².